The molecule has 178 valence electrons. The summed E-state index contributed by atoms with van der Waals surface area (Å²) in [5.74, 6) is -0.953. The molecule has 0 spiro atoms. The summed E-state index contributed by atoms with van der Waals surface area (Å²) in [4.78, 5) is 25.0. The van der Waals surface area contributed by atoms with Gasteiger partial charge in [-0.1, -0.05) is 23.7 Å². The van der Waals surface area contributed by atoms with Gasteiger partial charge >= 0.3 is 0 Å². The van der Waals surface area contributed by atoms with Crippen LogP contribution < -0.4 is 16.8 Å². The van der Waals surface area contributed by atoms with Crippen LogP contribution in [0.15, 0.2) is 60.7 Å². The van der Waals surface area contributed by atoms with Crippen LogP contribution in [-0.4, -0.2) is 26.7 Å². The van der Waals surface area contributed by atoms with Crippen LogP contribution in [-0.2, 0) is 12.8 Å². The van der Waals surface area contributed by atoms with Crippen LogP contribution in [0.1, 0.15) is 32.0 Å². The number of anilines is 2. The number of fused-ring (bicyclic) bond motifs is 3. The van der Waals surface area contributed by atoms with Gasteiger partial charge in [-0.05, 0) is 60.9 Å². The molecular weight excluding hydrogens is 489 g/mol. The van der Waals surface area contributed by atoms with Crippen LogP contribution in [0.2, 0.25) is 5.02 Å². The molecular formula is C25H21Cl2N5O3. The van der Waals surface area contributed by atoms with Crippen molar-refractivity contribution in [1.29, 1.82) is 0 Å². The van der Waals surface area contributed by atoms with Gasteiger partial charge in [-0.25, -0.2) is 4.68 Å². The monoisotopic (exact) mass is 509 g/mol. The summed E-state index contributed by atoms with van der Waals surface area (Å²) in [7, 11) is 0. The average molecular weight is 510 g/mol. The molecule has 0 fully saturated rings. The van der Waals surface area contributed by atoms with E-state index in [9.17, 15) is 14.7 Å². The van der Waals surface area contributed by atoms with Crippen molar-refractivity contribution in [3.05, 3.63) is 88.1 Å². The maximum Gasteiger partial charge on any atom is 0.269 e. The standard InChI is InChI=1S/C25H20ClN5O3.ClH/c26-21-9-6-14(27)10-20(21)25(34)29-15-7-4-13-5-8-18-22(24(28)33)30-31(23(18)19(13)11-15)16-2-1-3-17(32)12-16;/h1-4,6-7,9-12,32H,5,8,27H2,(H2,28,33)(H,29,34);1H. The molecule has 35 heavy (non-hydrogen) atoms. The summed E-state index contributed by atoms with van der Waals surface area (Å²) < 4.78 is 1.60. The van der Waals surface area contributed by atoms with Crippen LogP contribution in [0.3, 0.4) is 0 Å². The van der Waals surface area contributed by atoms with Crippen LogP contribution >= 0.6 is 24.0 Å². The summed E-state index contributed by atoms with van der Waals surface area (Å²) in [5.41, 5.74) is 16.7. The first kappa shape index (κ1) is 24.1. The van der Waals surface area contributed by atoms with Crippen molar-refractivity contribution in [1.82, 2.24) is 9.78 Å². The number of nitrogens with two attached hydrogens (primary N) is 2. The number of primary amides is 1. The number of hydrogen-bond donors (Lipinski definition) is 4. The zero-order valence-corrected chi connectivity index (χ0v) is 19.9. The highest BCUT2D eigenvalue weighted by atomic mass is 35.5. The Morgan fingerprint density at radius 3 is 2.60 bits per heavy atom. The van der Waals surface area contributed by atoms with Gasteiger partial charge in [0.15, 0.2) is 5.69 Å². The molecule has 1 aliphatic rings. The number of phenols is 1. The number of nitrogen functional groups attached to an aromatic ring is 1. The van der Waals surface area contributed by atoms with E-state index >= 15 is 0 Å². The molecule has 2 amide bonds. The second-order valence-corrected chi connectivity index (χ2v) is 8.44. The minimum atomic E-state index is -0.626. The first-order valence-electron chi connectivity index (χ1n) is 10.5. The highest BCUT2D eigenvalue weighted by Gasteiger charge is 2.28. The smallest absolute Gasteiger partial charge is 0.269 e. The van der Waals surface area contributed by atoms with Gasteiger partial charge in [-0.2, -0.15) is 5.10 Å². The predicted molar refractivity (Wildman–Crippen MR) is 138 cm³/mol. The minimum Gasteiger partial charge on any atom is -0.508 e. The first-order chi connectivity index (χ1) is 16.3. The fraction of sp³-hybridized carbons (Fsp3) is 0.0800. The maximum atomic E-state index is 12.9. The second kappa shape index (κ2) is 9.32. The third kappa shape index (κ3) is 4.41. The lowest BCUT2D eigenvalue weighted by Gasteiger charge is -2.20. The Labute approximate surface area is 211 Å². The van der Waals surface area contributed by atoms with Gasteiger partial charge in [0.05, 0.1) is 22.0 Å². The van der Waals surface area contributed by atoms with E-state index in [2.05, 4.69) is 10.4 Å². The van der Waals surface area contributed by atoms with Crippen molar-refractivity contribution in [2.24, 2.45) is 5.73 Å². The Morgan fingerprint density at radius 2 is 1.86 bits per heavy atom. The Hall–Kier alpha value is -4.01. The van der Waals surface area contributed by atoms with Crippen LogP contribution in [0.5, 0.6) is 5.75 Å². The molecule has 8 nitrogen and oxygen atoms in total. The lowest BCUT2D eigenvalue weighted by Crippen LogP contribution is -2.16. The quantitative estimate of drug-likeness (QED) is 0.303. The number of aryl methyl sites for hydroxylation is 1. The van der Waals surface area contributed by atoms with Gasteiger partial charge in [-0.15, -0.1) is 12.4 Å². The predicted octanol–water partition coefficient (Wildman–Crippen LogP) is 4.35. The Kier molecular flexibility index (Phi) is 6.43. The fourth-order valence-corrected chi connectivity index (χ4v) is 4.44. The molecule has 0 radical (unpaired) electrons. The number of benzene rings is 3. The lowest BCUT2D eigenvalue weighted by molar-refractivity contribution is 0.0992. The number of carbonyl (C=O) groups is 2. The highest BCUT2D eigenvalue weighted by Crippen LogP contribution is 2.38. The number of rotatable bonds is 4. The molecule has 6 N–H and O–H groups in total. The van der Waals surface area contributed by atoms with Crippen molar-refractivity contribution >= 4 is 47.2 Å². The molecule has 0 atom stereocenters. The zero-order valence-electron chi connectivity index (χ0n) is 18.3. The highest BCUT2D eigenvalue weighted by molar-refractivity contribution is 6.34. The van der Waals surface area contributed by atoms with Gasteiger partial charge in [-0.3, -0.25) is 9.59 Å². The number of aromatic nitrogens is 2. The molecule has 1 aliphatic carbocycles. The second-order valence-electron chi connectivity index (χ2n) is 8.04. The van der Waals surface area contributed by atoms with Crippen molar-refractivity contribution in [2.45, 2.75) is 12.8 Å². The molecule has 0 saturated carbocycles. The van der Waals surface area contributed by atoms with Crippen molar-refractivity contribution in [3.63, 3.8) is 0 Å². The van der Waals surface area contributed by atoms with Gasteiger partial charge in [0.25, 0.3) is 11.8 Å². The lowest BCUT2D eigenvalue weighted by atomic mass is 9.88. The summed E-state index contributed by atoms with van der Waals surface area (Å²) >= 11 is 6.18. The molecule has 4 aromatic rings. The molecule has 10 heteroatoms. The van der Waals surface area contributed by atoms with E-state index in [1.165, 1.54) is 6.07 Å². The summed E-state index contributed by atoms with van der Waals surface area (Å²) in [5, 5.41) is 17.6. The normalized spacial score (nSPS) is 11.7. The summed E-state index contributed by atoms with van der Waals surface area (Å²) in [6.07, 6.45) is 1.27. The molecule has 1 aromatic heterocycles. The van der Waals surface area contributed by atoms with Crippen molar-refractivity contribution in [3.8, 4) is 22.7 Å². The molecule has 0 saturated heterocycles. The maximum absolute atomic E-state index is 12.9. The van der Waals surface area contributed by atoms with Gasteiger partial charge < -0.3 is 21.9 Å². The van der Waals surface area contributed by atoms with Crippen LogP contribution in [0, 0.1) is 0 Å². The minimum absolute atomic E-state index is 0. The van der Waals surface area contributed by atoms with E-state index in [0.717, 1.165) is 16.7 Å². The molecule has 1 heterocycles. The number of aromatic hydroxyl groups is 1. The summed E-state index contributed by atoms with van der Waals surface area (Å²) in [6.45, 7) is 0. The average Bonchev–Trinajstić information content (AvgIpc) is 3.21. The molecule has 3 aromatic carbocycles. The zero-order chi connectivity index (χ0) is 24.0. The Morgan fingerprint density at radius 1 is 1.06 bits per heavy atom. The third-order valence-electron chi connectivity index (χ3n) is 5.79. The SMILES string of the molecule is Cl.NC(=O)c1nn(-c2cccc(O)c2)c2c1CCc1ccc(NC(=O)c3cc(N)ccc3Cl)cc1-2. The largest absolute Gasteiger partial charge is 0.508 e. The van der Waals surface area contributed by atoms with Gasteiger partial charge in [0.2, 0.25) is 0 Å². The first-order valence-corrected chi connectivity index (χ1v) is 10.9. The summed E-state index contributed by atoms with van der Waals surface area (Å²) in [6, 6.07) is 16.9. The number of phenolic OH excluding ortho intramolecular Hbond substituents is 1. The number of amides is 2. The van der Waals surface area contributed by atoms with E-state index in [1.54, 1.807) is 41.1 Å². The van der Waals surface area contributed by atoms with Gasteiger partial charge in [0, 0.05) is 28.6 Å². The van der Waals surface area contributed by atoms with E-state index in [-0.39, 0.29) is 29.4 Å². The van der Waals surface area contributed by atoms with E-state index in [1.807, 2.05) is 18.2 Å². The number of nitrogens with one attached hydrogen (secondary N) is 1. The third-order valence-corrected chi connectivity index (χ3v) is 6.12. The van der Waals surface area contributed by atoms with Crippen molar-refractivity contribution < 1.29 is 14.7 Å². The van der Waals surface area contributed by atoms with Crippen molar-refractivity contribution in [2.75, 3.05) is 11.1 Å². The van der Waals surface area contributed by atoms with Crippen LogP contribution in [0.25, 0.3) is 16.9 Å². The Bertz CT molecular complexity index is 1480. The number of carbonyl (C=O) groups excluding carboxylic acids is 2. The number of halogens is 2. The Balaban J connectivity index is 0.00000289. The topological polar surface area (TPSA) is 136 Å². The fourth-order valence-electron chi connectivity index (χ4n) is 4.24. The number of hydrogen-bond acceptors (Lipinski definition) is 5. The number of nitrogens with zero attached hydrogens (tertiary/aromatic N) is 2. The van der Waals surface area contributed by atoms with E-state index in [4.69, 9.17) is 23.1 Å². The van der Waals surface area contributed by atoms with Gasteiger partial charge in [0.1, 0.15) is 5.75 Å². The molecule has 0 aliphatic heterocycles. The van der Waals surface area contributed by atoms with E-state index < -0.39 is 11.8 Å². The van der Waals surface area contributed by atoms with Crippen LogP contribution in [0.4, 0.5) is 11.4 Å². The molecule has 0 bridgehead atoms. The molecule has 5 rings (SSSR count). The van der Waals surface area contributed by atoms with E-state index in [0.29, 0.717) is 40.6 Å². The molecule has 0 unspecified atom stereocenters.